The lowest BCUT2D eigenvalue weighted by Crippen LogP contribution is -2.39. The van der Waals surface area contributed by atoms with E-state index in [9.17, 15) is 9.59 Å². The molecule has 0 bridgehead atoms. The first-order valence-corrected chi connectivity index (χ1v) is 9.88. The first-order valence-electron chi connectivity index (χ1n) is 9.88. The van der Waals surface area contributed by atoms with Crippen molar-refractivity contribution in [2.24, 2.45) is 11.8 Å². The van der Waals surface area contributed by atoms with Crippen molar-refractivity contribution in [2.45, 2.75) is 46.5 Å². The average molecular weight is 360 g/mol. The summed E-state index contributed by atoms with van der Waals surface area (Å²) in [4.78, 5) is 26.3. The van der Waals surface area contributed by atoms with Crippen LogP contribution in [0.5, 0.6) is 0 Å². The molecule has 2 atom stereocenters. The smallest absolute Gasteiger partial charge is 0.313 e. The zero-order chi connectivity index (χ0) is 18.9. The first-order chi connectivity index (χ1) is 12.5. The Balaban J connectivity index is 1.61. The molecule has 1 aliphatic rings. The number of piperidine rings is 1. The van der Waals surface area contributed by atoms with E-state index in [2.05, 4.69) is 36.3 Å². The maximum Gasteiger partial charge on any atom is 0.313 e. The lowest BCUT2D eigenvalue weighted by molar-refractivity contribution is -0.136. The summed E-state index contributed by atoms with van der Waals surface area (Å²) in [6, 6.07) is 7.56. The number of rotatable bonds is 7. The van der Waals surface area contributed by atoms with Gasteiger partial charge in [-0.05, 0) is 61.8 Å². The standard InChI is InChI=1S/C21H33N3O2/c1-4-18-7-9-19(10-8-18)23-21(26)20(25)22-11-5-6-12-24-14-16(2)13-17(3)15-24/h7-10,16-17H,4-6,11-15H2,1-3H3,(H,22,25)(H,23,26). The van der Waals surface area contributed by atoms with Gasteiger partial charge in [0.25, 0.3) is 0 Å². The zero-order valence-corrected chi connectivity index (χ0v) is 16.4. The molecule has 5 heteroatoms. The van der Waals surface area contributed by atoms with Gasteiger partial charge in [0.15, 0.2) is 0 Å². The molecule has 1 heterocycles. The Morgan fingerprint density at radius 1 is 1.04 bits per heavy atom. The number of nitrogens with zero attached hydrogens (tertiary/aromatic N) is 1. The summed E-state index contributed by atoms with van der Waals surface area (Å²) in [5, 5.41) is 5.35. The van der Waals surface area contributed by atoms with Gasteiger partial charge < -0.3 is 15.5 Å². The third kappa shape index (κ3) is 6.79. The second-order valence-electron chi connectivity index (χ2n) is 7.67. The molecular weight excluding hydrogens is 326 g/mol. The molecular formula is C21H33N3O2. The van der Waals surface area contributed by atoms with Crippen molar-refractivity contribution >= 4 is 17.5 Å². The second kappa shape index (κ2) is 10.3. The average Bonchev–Trinajstić information content (AvgIpc) is 2.61. The maximum absolute atomic E-state index is 11.9. The minimum absolute atomic E-state index is 0.542. The Hall–Kier alpha value is -1.88. The van der Waals surface area contributed by atoms with Crippen molar-refractivity contribution in [3.63, 3.8) is 0 Å². The molecule has 1 saturated heterocycles. The number of hydrogen-bond acceptors (Lipinski definition) is 3. The van der Waals surface area contributed by atoms with E-state index in [4.69, 9.17) is 0 Å². The van der Waals surface area contributed by atoms with Crippen LogP contribution in [0.15, 0.2) is 24.3 Å². The molecule has 2 amide bonds. The Morgan fingerprint density at radius 3 is 2.31 bits per heavy atom. The highest BCUT2D eigenvalue weighted by Gasteiger charge is 2.21. The minimum Gasteiger partial charge on any atom is -0.348 e. The van der Waals surface area contributed by atoms with E-state index < -0.39 is 11.8 Å². The Kier molecular flexibility index (Phi) is 8.10. The van der Waals surface area contributed by atoms with Gasteiger partial charge in [-0.2, -0.15) is 0 Å². The summed E-state index contributed by atoms with van der Waals surface area (Å²) in [5.74, 6) is 0.375. The molecule has 1 fully saturated rings. The normalized spacial score (nSPS) is 20.6. The molecule has 0 spiro atoms. The second-order valence-corrected chi connectivity index (χ2v) is 7.67. The van der Waals surface area contributed by atoms with E-state index in [0.717, 1.165) is 37.6 Å². The number of hydrogen-bond donors (Lipinski definition) is 2. The van der Waals surface area contributed by atoms with E-state index in [-0.39, 0.29) is 0 Å². The summed E-state index contributed by atoms with van der Waals surface area (Å²) in [6.45, 7) is 10.7. The van der Waals surface area contributed by atoms with Crippen LogP contribution in [0.3, 0.4) is 0 Å². The van der Waals surface area contributed by atoms with E-state index in [0.29, 0.717) is 12.2 Å². The topological polar surface area (TPSA) is 61.4 Å². The molecule has 5 nitrogen and oxygen atoms in total. The van der Waals surface area contributed by atoms with Gasteiger partial charge in [-0.25, -0.2) is 0 Å². The summed E-state index contributed by atoms with van der Waals surface area (Å²) in [6.07, 6.45) is 4.20. The van der Waals surface area contributed by atoms with Crippen LogP contribution in [0.25, 0.3) is 0 Å². The van der Waals surface area contributed by atoms with Gasteiger partial charge in [0.2, 0.25) is 0 Å². The first kappa shape index (κ1) is 20.4. The molecule has 0 saturated carbocycles. The third-order valence-corrected chi connectivity index (χ3v) is 4.96. The largest absolute Gasteiger partial charge is 0.348 e. The van der Waals surface area contributed by atoms with Crippen LogP contribution in [-0.2, 0) is 16.0 Å². The fourth-order valence-corrected chi connectivity index (χ4v) is 3.73. The highest BCUT2D eigenvalue weighted by atomic mass is 16.2. The molecule has 2 N–H and O–H groups in total. The minimum atomic E-state index is -0.604. The molecule has 144 valence electrons. The lowest BCUT2D eigenvalue weighted by atomic mass is 9.92. The van der Waals surface area contributed by atoms with Crippen molar-refractivity contribution in [1.82, 2.24) is 10.2 Å². The lowest BCUT2D eigenvalue weighted by Gasteiger charge is -2.34. The van der Waals surface area contributed by atoms with Crippen LogP contribution in [-0.4, -0.2) is 42.9 Å². The Bertz CT molecular complexity index is 575. The Morgan fingerprint density at radius 2 is 1.69 bits per heavy atom. The van der Waals surface area contributed by atoms with Crippen LogP contribution >= 0.6 is 0 Å². The molecule has 1 aromatic carbocycles. The highest BCUT2D eigenvalue weighted by molar-refractivity contribution is 6.39. The number of carbonyl (C=O) groups is 2. The zero-order valence-electron chi connectivity index (χ0n) is 16.4. The van der Waals surface area contributed by atoms with Crippen LogP contribution in [0, 0.1) is 11.8 Å². The van der Waals surface area contributed by atoms with E-state index in [1.165, 1.54) is 25.1 Å². The number of carbonyl (C=O) groups excluding carboxylic acids is 2. The molecule has 0 aromatic heterocycles. The molecule has 26 heavy (non-hydrogen) atoms. The van der Waals surface area contributed by atoms with Crippen molar-refractivity contribution < 1.29 is 9.59 Å². The molecule has 0 radical (unpaired) electrons. The predicted octanol–water partition coefficient (Wildman–Crippen LogP) is 3.06. The van der Waals surface area contributed by atoms with Gasteiger partial charge in [0.05, 0.1) is 0 Å². The SMILES string of the molecule is CCc1ccc(NC(=O)C(=O)NCCCCN2CC(C)CC(C)C2)cc1. The number of nitrogens with one attached hydrogen (secondary N) is 2. The van der Waals surface area contributed by atoms with E-state index in [1.807, 2.05) is 24.3 Å². The van der Waals surface area contributed by atoms with Gasteiger partial charge in [-0.1, -0.05) is 32.9 Å². The Labute approximate surface area is 157 Å². The van der Waals surface area contributed by atoms with Gasteiger partial charge >= 0.3 is 11.8 Å². The highest BCUT2D eigenvalue weighted by Crippen LogP contribution is 2.20. The molecule has 1 aromatic rings. The van der Waals surface area contributed by atoms with Crippen LogP contribution < -0.4 is 10.6 Å². The van der Waals surface area contributed by atoms with Crippen molar-refractivity contribution in [1.29, 1.82) is 0 Å². The third-order valence-electron chi connectivity index (χ3n) is 4.96. The van der Waals surface area contributed by atoms with Crippen LogP contribution in [0.1, 0.15) is 45.6 Å². The fraction of sp³-hybridized carbons (Fsp3) is 0.619. The quantitative estimate of drug-likeness (QED) is 0.581. The maximum atomic E-state index is 11.9. The number of amides is 2. The van der Waals surface area contributed by atoms with Gasteiger partial charge in [0.1, 0.15) is 0 Å². The number of benzene rings is 1. The fourth-order valence-electron chi connectivity index (χ4n) is 3.73. The van der Waals surface area contributed by atoms with Crippen LogP contribution in [0.2, 0.25) is 0 Å². The van der Waals surface area contributed by atoms with E-state index >= 15 is 0 Å². The molecule has 2 unspecified atom stereocenters. The van der Waals surface area contributed by atoms with Gasteiger partial charge in [-0.15, -0.1) is 0 Å². The summed E-state index contributed by atoms with van der Waals surface area (Å²) < 4.78 is 0. The van der Waals surface area contributed by atoms with Gasteiger partial charge in [-0.3, -0.25) is 9.59 Å². The molecule has 2 rings (SSSR count). The molecule has 0 aliphatic carbocycles. The summed E-state index contributed by atoms with van der Waals surface area (Å²) in [7, 11) is 0. The number of unbranched alkanes of at least 4 members (excludes halogenated alkanes) is 1. The monoisotopic (exact) mass is 359 g/mol. The van der Waals surface area contributed by atoms with Crippen molar-refractivity contribution in [2.75, 3.05) is 31.5 Å². The molecule has 1 aliphatic heterocycles. The predicted molar refractivity (Wildman–Crippen MR) is 106 cm³/mol. The van der Waals surface area contributed by atoms with Crippen molar-refractivity contribution in [3.8, 4) is 0 Å². The van der Waals surface area contributed by atoms with Crippen molar-refractivity contribution in [3.05, 3.63) is 29.8 Å². The van der Waals surface area contributed by atoms with Gasteiger partial charge in [0, 0.05) is 25.3 Å². The van der Waals surface area contributed by atoms with E-state index in [1.54, 1.807) is 0 Å². The number of anilines is 1. The summed E-state index contributed by atoms with van der Waals surface area (Å²) >= 11 is 0. The number of aryl methyl sites for hydroxylation is 1. The summed E-state index contributed by atoms with van der Waals surface area (Å²) in [5.41, 5.74) is 1.85. The number of likely N-dealkylation sites (tertiary alicyclic amines) is 1. The van der Waals surface area contributed by atoms with Crippen LogP contribution in [0.4, 0.5) is 5.69 Å².